The largest absolute Gasteiger partial charge is 0.313 e. The van der Waals surface area contributed by atoms with E-state index in [0.29, 0.717) is 0 Å². The molecule has 0 aromatic carbocycles. The summed E-state index contributed by atoms with van der Waals surface area (Å²) < 4.78 is 0. The maximum Gasteiger partial charge on any atom is 0.0110 e. The Morgan fingerprint density at radius 1 is 1.40 bits per heavy atom. The lowest BCUT2D eigenvalue weighted by molar-refractivity contribution is 0.262. The van der Waals surface area contributed by atoms with Crippen molar-refractivity contribution >= 4 is 0 Å². The molecule has 2 atom stereocenters. The molecule has 2 heteroatoms. The molecule has 0 radical (unpaired) electrons. The monoisotopic (exact) mass is 212 g/mol. The van der Waals surface area contributed by atoms with Crippen molar-refractivity contribution in [2.75, 3.05) is 19.6 Å². The Hall–Kier alpha value is -0.0800. The van der Waals surface area contributed by atoms with Gasteiger partial charge in [-0.15, -0.1) is 0 Å². The van der Waals surface area contributed by atoms with Gasteiger partial charge < -0.3 is 5.32 Å². The number of hydrogen-bond acceptors (Lipinski definition) is 2. The minimum atomic E-state index is 0.743. The Morgan fingerprint density at radius 3 is 2.73 bits per heavy atom. The summed E-state index contributed by atoms with van der Waals surface area (Å²) in [7, 11) is 0. The first-order chi connectivity index (χ1) is 7.27. The Morgan fingerprint density at radius 2 is 2.20 bits per heavy atom. The second-order valence-electron chi connectivity index (χ2n) is 4.88. The smallest absolute Gasteiger partial charge is 0.0110 e. The number of rotatable bonds is 7. The Balaban J connectivity index is 2.08. The fourth-order valence-electron chi connectivity index (χ4n) is 2.54. The van der Waals surface area contributed by atoms with Crippen LogP contribution in [0.2, 0.25) is 0 Å². The Labute approximate surface area is 95.4 Å². The number of nitrogens with zero attached hydrogens (tertiary/aromatic N) is 1. The summed E-state index contributed by atoms with van der Waals surface area (Å²) >= 11 is 0. The highest BCUT2D eigenvalue weighted by atomic mass is 15.2. The van der Waals surface area contributed by atoms with Crippen molar-refractivity contribution in [3.05, 3.63) is 0 Å². The van der Waals surface area contributed by atoms with Crippen molar-refractivity contribution in [3.8, 4) is 0 Å². The van der Waals surface area contributed by atoms with Crippen molar-refractivity contribution in [2.24, 2.45) is 0 Å². The highest BCUT2D eigenvalue weighted by Crippen LogP contribution is 2.15. The Kier molecular flexibility index (Phi) is 6.26. The molecule has 1 aliphatic rings. The van der Waals surface area contributed by atoms with Crippen molar-refractivity contribution in [2.45, 2.75) is 65.0 Å². The van der Waals surface area contributed by atoms with Crippen molar-refractivity contribution in [1.29, 1.82) is 0 Å². The van der Waals surface area contributed by atoms with Crippen LogP contribution in [-0.4, -0.2) is 36.6 Å². The molecule has 1 aliphatic heterocycles. The average molecular weight is 212 g/mol. The van der Waals surface area contributed by atoms with Gasteiger partial charge in [-0.2, -0.15) is 0 Å². The predicted octanol–water partition coefficient (Wildman–Crippen LogP) is 2.64. The third-order valence-corrected chi connectivity index (χ3v) is 3.65. The van der Waals surface area contributed by atoms with Crippen LogP contribution in [0.25, 0.3) is 0 Å². The van der Waals surface area contributed by atoms with Crippen LogP contribution in [0.3, 0.4) is 0 Å². The molecular formula is C13H28N2. The van der Waals surface area contributed by atoms with Crippen LogP contribution in [0.4, 0.5) is 0 Å². The standard InChI is InChI=1S/C13H28N2/c1-4-7-13(5-2)14-9-11-15-10-6-8-12(15)3/h12-14H,4-11H2,1-3H3. The van der Waals surface area contributed by atoms with E-state index < -0.39 is 0 Å². The van der Waals surface area contributed by atoms with Crippen LogP contribution in [0.5, 0.6) is 0 Å². The van der Waals surface area contributed by atoms with Gasteiger partial charge in [0.25, 0.3) is 0 Å². The highest BCUT2D eigenvalue weighted by molar-refractivity contribution is 4.76. The van der Waals surface area contributed by atoms with E-state index in [4.69, 9.17) is 0 Å². The van der Waals surface area contributed by atoms with E-state index in [1.165, 1.54) is 51.7 Å². The van der Waals surface area contributed by atoms with Crippen LogP contribution < -0.4 is 5.32 Å². The second kappa shape index (κ2) is 7.24. The van der Waals surface area contributed by atoms with E-state index in [2.05, 4.69) is 31.0 Å². The molecule has 1 fully saturated rings. The SMILES string of the molecule is CCCC(CC)NCCN1CCCC1C. The van der Waals surface area contributed by atoms with Crippen molar-refractivity contribution in [1.82, 2.24) is 10.2 Å². The third kappa shape index (κ3) is 4.52. The van der Waals surface area contributed by atoms with Gasteiger partial charge in [0.1, 0.15) is 0 Å². The van der Waals surface area contributed by atoms with Crippen LogP contribution >= 0.6 is 0 Å². The van der Waals surface area contributed by atoms with E-state index >= 15 is 0 Å². The Bertz CT molecular complexity index is 159. The minimum Gasteiger partial charge on any atom is -0.313 e. The van der Waals surface area contributed by atoms with Gasteiger partial charge in [-0.1, -0.05) is 20.3 Å². The molecule has 0 saturated carbocycles. The van der Waals surface area contributed by atoms with Gasteiger partial charge >= 0.3 is 0 Å². The van der Waals surface area contributed by atoms with E-state index in [0.717, 1.165) is 12.1 Å². The first-order valence-electron chi connectivity index (χ1n) is 6.75. The first kappa shape index (κ1) is 13.0. The fourth-order valence-corrected chi connectivity index (χ4v) is 2.54. The molecule has 0 aromatic heterocycles. The lowest BCUT2D eigenvalue weighted by Crippen LogP contribution is -2.38. The van der Waals surface area contributed by atoms with Gasteiger partial charge in [0, 0.05) is 25.2 Å². The fraction of sp³-hybridized carbons (Fsp3) is 1.00. The zero-order valence-electron chi connectivity index (χ0n) is 10.8. The summed E-state index contributed by atoms with van der Waals surface area (Å²) in [6.07, 6.45) is 6.68. The van der Waals surface area contributed by atoms with Gasteiger partial charge in [0.15, 0.2) is 0 Å². The minimum absolute atomic E-state index is 0.743. The molecule has 1 saturated heterocycles. The van der Waals surface area contributed by atoms with Gasteiger partial charge in [-0.3, -0.25) is 4.90 Å². The molecule has 15 heavy (non-hydrogen) atoms. The van der Waals surface area contributed by atoms with Gasteiger partial charge in [-0.25, -0.2) is 0 Å². The van der Waals surface area contributed by atoms with Crippen LogP contribution in [-0.2, 0) is 0 Å². The topological polar surface area (TPSA) is 15.3 Å². The molecule has 1 rings (SSSR count). The first-order valence-corrected chi connectivity index (χ1v) is 6.75. The quantitative estimate of drug-likeness (QED) is 0.698. The molecule has 0 aromatic rings. The molecule has 0 spiro atoms. The van der Waals surface area contributed by atoms with E-state index in [9.17, 15) is 0 Å². The summed E-state index contributed by atoms with van der Waals surface area (Å²) in [6.45, 7) is 10.6. The number of likely N-dealkylation sites (tertiary alicyclic amines) is 1. The highest BCUT2D eigenvalue weighted by Gasteiger charge is 2.19. The average Bonchev–Trinajstić information content (AvgIpc) is 2.63. The lowest BCUT2D eigenvalue weighted by atomic mass is 10.1. The molecule has 0 bridgehead atoms. The molecule has 2 unspecified atom stereocenters. The molecular weight excluding hydrogens is 184 g/mol. The zero-order chi connectivity index (χ0) is 11.1. The van der Waals surface area contributed by atoms with Crippen LogP contribution in [0, 0.1) is 0 Å². The lowest BCUT2D eigenvalue weighted by Gasteiger charge is -2.23. The van der Waals surface area contributed by atoms with E-state index in [-0.39, 0.29) is 0 Å². The van der Waals surface area contributed by atoms with E-state index in [1.807, 2.05) is 0 Å². The molecule has 1 N–H and O–H groups in total. The molecule has 1 heterocycles. The summed E-state index contributed by atoms with van der Waals surface area (Å²) in [5, 5.41) is 3.68. The molecule has 0 amide bonds. The zero-order valence-corrected chi connectivity index (χ0v) is 10.8. The summed E-state index contributed by atoms with van der Waals surface area (Å²) in [5.74, 6) is 0. The van der Waals surface area contributed by atoms with Crippen molar-refractivity contribution in [3.63, 3.8) is 0 Å². The summed E-state index contributed by atoms with van der Waals surface area (Å²) in [6, 6.07) is 1.56. The predicted molar refractivity (Wildman–Crippen MR) is 67.3 cm³/mol. The molecule has 2 nitrogen and oxygen atoms in total. The number of hydrogen-bond donors (Lipinski definition) is 1. The number of nitrogens with one attached hydrogen (secondary N) is 1. The normalized spacial score (nSPS) is 24.6. The van der Waals surface area contributed by atoms with Gasteiger partial charge in [0.2, 0.25) is 0 Å². The maximum atomic E-state index is 3.68. The van der Waals surface area contributed by atoms with E-state index in [1.54, 1.807) is 0 Å². The van der Waals surface area contributed by atoms with Crippen LogP contribution in [0.15, 0.2) is 0 Å². The maximum absolute atomic E-state index is 3.68. The summed E-state index contributed by atoms with van der Waals surface area (Å²) in [5.41, 5.74) is 0. The molecule has 90 valence electrons. The second-order valence-corrected chi connectivity index (χ2v) is 4.88. The van der Waals surface area contributed by atoms with Crippen LogP contribution in [0.1, 0.15) is 52.9 Å². The summed E-state index contributed by atoms with van der Waals surface area (Å²) in [4.78, 5) is 2.62. The molecule has 0 aliphatic carbocycles. The van der Waals surface area contributed by atoms with Gasteiger partial charge in [-0.05, 0) is 39.2 Å². The van der Waals surface area contributed by atoms with Crippen molar-refractivity contribution < 1.29 is 0 Å². The third-order valence-electron chi connectivity index (χ3n) is 3.65. The van der Waals surface area contributed by atoms with Gasteiger partial charge in [0.05, 0.1) is 0 Å².